The molecule has 0 saturated carbocycles. The van der Waals surface area contributed by atoms with Crippen molar-refractivity contribution in [1.29, 1.82) is 5.26 Å². The number of nitrogens with zero attached hydrogens (tertiary/aromatic N) is 3. The number of nitriles is 1. The van der Waals surface area contributed by atoms with Gasteiger partial charge in [-0.25, -0.2) is 14.2 Å². The summed E-state index contributed by atoms with van der Waals surface area (Å²) in [5.74, 6) is -0.580. The molecule has 222 valence electrons. The van der Waals surface area contributed by atoms with Crippen LogP contribution in [0.2, 0.25) is 0 Å². The Morgan fingerprint density at radius 1 is 1.02 bits per heavy atom. The van der Waals surface area contributed by atoms with Gasteiger partial charge in [0, 0.05) is 17.2 Å². The van der Waals surface area contributed by atoms with Crippen LogP contribution in [0.1, 0.15) is 66.4 Å². The van der Waals surface area contributed by atoms with E-state index in [9.17, 15) is 40.8 Å². The molecule has 6 nitrogen and oxygen atoms in total. The Morgan fingerprint density at radius 3 is 2.17 bits per heavy atom. The van der Waals surface area contributed by atoms with Gasteiger partial charge in [-0.2, -0.15) is 31.6 Å². The van der Waals surface area contributed by atoms with Gasteiger partial charge in [-0.1, -0.05) is 13.8 Å². The molecule has 0 N–H and O–H groups in total. The number of halogens is 7. The normalized spacial score (nSPS) is 17.4. The summed E-state index contributed by atoms with van der Waals surface area (Å²) in [6.45, 7) is 4.65. The van der Waals surface area contributed by atoms with Crippen LogP contribution >= 0.6 is 0 Å². The van der Waals surface area contributed by atoms with Gasteiger partial charge in [0.2, 0.25) is 0 Å². The first-order valence-electron chi connectivity index (χ1n) is 12.6. The number of ether oxygens (including phenoxy) is 2. The van der Waals surface area contributed by atoms with E-state index in [1.807, 2.05) is 6.07 Å². The van der Waals surface area contributed by atoms with Crippen molar-refractivity contribution in [2.75, 3.05) is 7.11 Å². The molecule has 1 fully saturated rings. The number of rotatable bonds is 6. The predicted molar refractivity (Wildman–Crippen MR) is 136 cm³/mol. The summed E-state index contributed by atoms with van der Waals surface area (Å²) in [6, 6.07) is 7.57. The van der Waals surface area contributed by atoms with Crippen LogP contribution in [0.15, 0.2) is 42.5 Å². The standard InChI is InChI=1S/C29H24F7N3O3/c1-14(2)21-10-22(25(41-4)11-23(21)30)20-6-5-19(12-37)38-24(20)13-39-15(3)26(42-27(39)40)16-7-17(28(31,32)33)9-18(8-16)29(34,35)36/h5-11,14-15,26H,13H2,1-4H3/t15-,26?/m0/s1. The van der Waals surface area contributed by atoms with Crippen LogP contribution in [0.5, 0.6) is 5.75 Å². The van der Waals surface area contributed by atoms with Gasteiger partial charge >= 0.3 is 18.4 Å². The highest BCUT2D eigenvalue weighted by atomic mass is 19.4. The zero-order valence-corrected chi connectivity index (χ0v) is 22.7. The molecular formula is C29H24F7N3O3. The number of carbonyl (C=O) groups excluding carboxylic acids is 1. The van der Waals surface area contributed by atoms with E-state index in [0.29, 0.717) is 28.8 Å². The molecule has 2 atom stereocenters. The lowest BCUT2D eigenvalue weighted by molar-refractivity contribution is -0.143. The lowest BCUT2D eigenvalue weighted by atomic mass is 9.94. The maximum Gasteiger partial charge on any atom is 0.416 e. The quantitative estimate of drug-likeness (QED) is 0.270. The largest absolute Gasteiger partial charge is 0.496 e. The van der Waals surface area contributed by atoms with E-state index >= 15 is 0 Å². The number of alkyl halides is 6. The number of methoxy groups -OCH3 is 1. The molecule has 42 heavy (non-hydrogen) atoms. The Kier molecular flexibility index (Phi) is 8.13. The zero-order chi connectivity index (χ0) is 31.1. The second-order valence-electron chi connectivity index (χ2n) is 10.0. The van der Waals surface area contributed by atoms with Crippen LogP contribution in [0, 0.1) is 17.1 Å². The molecule has 1 unspecified atom stereocenters. The molecule has 0 bridgehead atoms. The van der Waals surface area contributed by atoms with Crippen molar-refractivity contribution in [3.63, 3.8) is 0 Å². The third-order valence-corrected chi connectivity index (χ3v) is 6.97. The summed E-state index contributed by atoms with van der Waals surface area (Å²) in [6.07, 6.45) is -12.7. The van der Waals surface area contributed by atoms with Gasteiger partial charge in [-0.05, 0) is 60.4 Å². The Labute approximate surface area is 236 Å². The molecule has 13 heteroatoms. The maximum absolute atomic E-state index is 14.7. The molecule has 2 heterocycles. The van der Waals surface area contributed by atoms with Crippen LogP contribution in [0.4, 0.5) is 35.5 Å². The lowest BCUT2D eigenvalue weighted by Crippen LogP contribution is -2.32. The third-order valence-electron chi connectivity index (χ3n) is 6.97. The summed E-state index contributed by atoms with van der Waals surface area (Å²) in [5, 5.41) is 9.44. The van der Waals surface area contributed by atoms with E-state index in [1.165, 1.54) is 32.2 Å². The summed E-state index contributed by atoms with van der Waals surface area (Å²) >= 11 is 0. The lowest BCUT2D eigenvalue weighted by Gasteiger charge is -2.23. The number of hydrogen-bond donors (Lipinski definition) is 0. The number of pyridine rings is 1. The molecule has 1 amide bonds. The average Bonchev–Trinajstić information content (AvgIpc) is 3.20. The Balaban J connectivity index is 1.78. The van der Waals surface area contributed by atoms with Gasteiger partial charge in [0.15, 0.2) is 0 Å². The number of benzene rings is 2. The highest BCUT2D eigenvalue weighted by Gasteiger charge is 2.43. The van der Waals surface area contributed by atoms with Crippen molar-refractivity contribution >= 4 is 6.09 Å². The van der Waals surface area contributed by atoms with Crippen molar-refractivity contribution in [2.24, 2.45) is 0 Å². The third kappa shape index (κ3) is 5.98. The predicted octanol–water partition coefficient (Wildman–Crippen LogP) is 8.01. The molecule has 1 saturated heterocycles. The van der Waals surface area contributed by atoms with Gasteiger partial charge in [0.25, 0.3) is 0 Å². The molecule has 1 aliphatic rings. The van der Waals surface area contributed by atoms with E-state index in [0.717, 1.165) is 4.90 Å². The second kappa shape index (κ2) is 11.2. The highest BCUT2D eigenvalue weighted by molar-refractivity contribution is 5.75. The number of aromatic nitrogens is 1. The molecule has 0 radical (unpaired) electrons. The van der Waals surface area contributed by atoms with Gasteiger partial charge < -0.3 is 9.47 Å². The molecule has 1 aromatic heterocycles. The van der Waals surface area contributed by atoms with E-state index in [1.54, 1.807) is 19.9 Å². The topological polar surface area (TPSA) is 75.5 Å². The van der Waals surface area contributed by atoms with E-state index in [-0.39, 0.29) is 35.7 Å². The molecule has 3 aromatic rings. The molecule has 1 aliphatic heterocycles. The molecular weight excluding hydrogens is 571 g/mol. The first-order chi connectivity index (χ1) is 19.5. The Hall–Kier alpha value is -4.34. The van der Waals surface area contributed by atoms with E-state index in [2.05, 4.69) is 4.98 Å². The maximum atomic E-state index is 14.7. The van der Waals surface area contributed by atoms with Crippen molar-refractivity contribution in [3.05, 3.63) is 81.9 Å². The minimum Gasteiger partial charge on any atom is -0.496 e. The van der Waals surface area contributed by atoms with E-state index < -0.39 is 53.1 Å². The van der Waals surface area contributed by atoms with Crippen LogP contribution < -0.4 is 4.74 Å². The SMILES string of the molecule is COc1cc(F)c(C(C)C)cc1-c1ccc(C#N)nc1CN1C(=O)OC(c2cc(C(F)(F)F)cc(C(F)(F)F)c2)[C@@H]1C. The fourth-order valence-electron chi connectivity index (χ4n) is 4.79. The summed E-state index contributed by atoms with van der Waals surface area (Å²) in [7, 11) is 1.33. The minimum absolute atomic E-state index is 0.00616. The van der Waals surface area contributed by atoms with Crippen molar-refractivity contribution in [1.82, 2.24) is 9.88 Å². The van der Waals surface area contributed by atoms with Crippen molar-refractivity contribution in [2.45, 2.75) is 57.7 Å². The zero-order valence-electron chi connectivity index (χ0n) is 22.7. The van der Waals surface area contributed by atoms with Gasteiger partial charge in [-0.3, -0.25) is 4.90 Å². The monoisotopic (exact) mass is 595 g/mol. The second-order valence-corrected chi connectivity index (χ2v) is 10.0. The Bertz CT molecular complexity index is 1530. The number of hydrogen-bond acceptors (Lipinski definition) is 5. The first kappa shape index (κ1) is 30.6. The van der Waals surface area contributed by atoms with Crippen LogP contribution in [-0.2, 0) is 23.6 Å². The van der Waals surface area contributed by atoms with Crippen molar-refractivity contribution < 1.29 is 45.0 Å². The fourth-order valence-corrected chi connectivity index (χ4v) is 4.79. The molecule has 0 aliphatic carbocycles. The summed E-state index contributed by atoms with van der Waals surface area (Å²) in [4.78, 5) is 18.3. The number of carbonyl (C=O) groups is 1. The number of amides is 1. The smallest absolute Gasteiger partial charge is 0.416 e. The van der Waals surface area contributed by atoms with E-state index in [4.69, 9.17) is 9.47 Å². The average molecular weight is 596 g/mol. The summed E-state index contributed by atoms with van der Waals surface area (Å²) in [5.41, 5.74) is -2.30. The van der Waals surface area contributed by atoms with Gasteiger partial charge in [0.1, 0.15) is 29.4 Å². The first-order valence-corrected chi connectivity index (χ1v) is 12.6. The van der Waals surface area contributed by atoms with Crippen LogP contribution in [0.3, 0.4) is 0 Å². The Morgan fingerprint density at radius 2 is 1.64 bits per heavy atom. The minimum atomic E-state index is -5.08. The van der Waals surface area contributed by atoms with Gasteiger partial charge in [0.05, 0.1) is 36.5 Å². The van der Waals surface area contributed by atoms with Crippen molar-refractivity contribution in [3.8, 4) is 22.9 Å². The van der Waals surface area contributed by atoms with Gasteiger partial charge in [-0.15, -0.1) is 0 Å². The number of cyclic esters (lactones) is 1. The fraction of sp³-hybridized carbons (Fsp3) is 0.345. The summed E-state index contributed by atoms with van der Waals surface area (Å²) < 4.78 is 106. The van der Waals surface area contributed by atoms with Crippen LogP contribution in [0.25, 0.3) is 11.1 Å². The van der Waals surface area contributed by atoms with Crippen LogP contribution in [-0.4, -0.2) is 29.1 Å². The highest BCUT2D eigenvalue weighted by Crippen LogP contribution is 2.42. The molecule has 0 spiro atoms. The molecule has 2 aromatic carbocycles. The molecule has 4 rings (SSSR count).